The van der Waals surface area contributed by atoms with Gasteiger partial charge in [-0.05, 0) is 62.1 Å². The molecule has 0 radical (unpaired) electrons. The number of carbonyl (C=O) groups is 2. The summed E-state index contributed by atoms with van der Waals surface area (Å²) in [5.41, 5.74) is 2.91. The molecule has 32 heavy (non-hydrogen) atoms. The Bertz CT molecular complexity index is 1160. The van der Waals surface area contributed by atoms with Gasteiger partial charge in [-0.15, -0.1) is 0 Å². The first-order chi connectivity index (χ1) is 15.2. The molecule has 8 nitrogen and oxygen atoms in total. The Kier molecular flexibility index (Phi) is 5.96. The molecule has 1 N–H and O–H groups in total. The maximum Gasteiger partial charge on any atom is 0.250 e. The van der Waals surface area contributed by atoms with Gasteiger partial charge in [0.2, 0.25) is 21.8 Å². The first-order valence-electron chi connectivity index (χ1n) is 10.7. The number of hydrogen-bond donors (Lipinski definition) is 1. The van der Waals surface area contributed by atoms with Crippen molar-refractivity contribution in [3.8, 4) is 0 Å². The topological polar surface area (TPSA) is 90.0 Å². The fourth-order valence-corrected chi connectivity index (χ4v) is 5.26. The number of nitrogens with one attached hydrogen (secondary N) is 1. The molecule has 0 aromatic heterocycles. The maximum atomic E-state index is 13.4. The molecule has 0 saturated carbocycles. The average Bonchev–Trinajstić information content (AvgIpc) is 2.76. The van der Waals surface area contributed by atoms with Crippen LogP contribution in [0.3, 0.4) is 0 Å². The second-order valence-corrected chi connectivity index (χ2v) is 10.6. The highest BCUT2D eigenvalue weighted by molar-refractivity contribution is 7.89. The second kappa shape index (κ2) is 8.55. The minimum absolute atomic E-state index is 0.0913. The van der Waals surface area contributed by atoms with Crippen LogP contribution >= 0.6 is 0 Å². The Morgan fingerprint density at radius 2 is 1.91 bits per heavy atom. The SMILES string of the molecule is Cc1cccc(NC(=O)CN2C(=O)C3CCCCN3c3ccc(S(=O)(=O)N(C)C)cc32)c1. The number of piperidine rings is 1. The minimum atomic E-state index is -3.69. The van der Waals surface area contributed by atoms with E-state index >= 15 is 0 Å². The van der Waals surface area contributed by atoms with Crippen molar-refractivity contribution in [1.82, 2.24) is 4.31 Å². The van der Waals surface area contributed by atoms with Crippen LogP contribution in [0.4, 0.5) is 17.1 Å². The van der Waals surface area contributed by atoms with Gasteiger partial charge in [0, 0.05) is 26.3 Å². The van der Waals surface area contributed by atoms with Gasteiger partial charge < -0.3 is 10.2 Å². The smallest absolute Gasteiger partial charge is 0.250 e. The molecule has 9 heteroatoms. The molecule has 4 rings (SSSR count). The first-order valence-corrected chi connectivity index (χ1v) is 12.1. The Labute approximate surface area is 188 Å². The number of benzene rings is 2. The quantitative estimate of drug-likeness (QED) is 0.747. The summed E-state index contributed by atoms with van der Waals surface area (Å²) in [7, 11) is -0.754. The predicted molar refractivity (Wildman–Crippen MR) is 124 cm³/mol. The van der Waals surface area contributed by atoms with Gasteiger partial charge in [0.25, 0.3) is 0 Å². The zero-order valence-corrected chi connectivity index (χ0v) is 19.4. The van der Waals surface area contributed by atoms with Gasteiger partial charge in [-0.1, -0.05) is 12.1 Å². The van der Waals surface area contributed by atoms with Gasteiger partial charge in [0.1, 0.15) is 12.6 Å². The number of fused-ring (bicyclic) bond motifs is 3. The minimum Gasteiger partial charge on any atom is -0.358 e. The van der Waals surface area contributed by atoms with E-state index < -0.39 is 10.0 Å². The Hall–Kier alpha value is -2.91. The maximum absolute atomic E-state index is 13.4. The van der Waals surface area contributed by atoms with Gasteiger partial charge in [0.05, 0.1) is 16.3 Å². The second-order valence-electron chi connectivity index (χ2n) is 8.48. The van der Waals surface area contributed by atoms with Gasteiger partial charge in [-0.3, -0.25) is 14.5 Å². The van der Waals surface area contributed by atoms with Crippen LogP contribution in [0.5, 0.6) is 0 Å². The number of anilines is 3. The third-order valence-corrected chi connectivity index (χ3v) is 7.79. The van der Waals surface area contributed by atoms with Crippen LogP contribution in [0.2, 0.25) is 0 Å². The highest BCUT2D eigenvalue weighted by atomic mass is 32.2. The number of sulfonamides is 1. The number of hydrogen-bond acceptors (Lipinski definition) is 5. The lowest BCUT2D eigenvalue weighted by atomic mass is 9.96. The van der Waals surface area contributed by atoms with Crippen molar-refractivity contribution in [2.75, 3.05) is 42.3 Å². The van der Waals surface area contributed by atoms with Crippen LogP contribution < -0.4 is 15.1 Å². The molecule has 2 aliphatic heterocycles. The average molecular weight is 457 g/mol. The molecule has 2 aliphatic rings. The first kappa shape index (κ1) is 22.3. The molecule has 2 heterocycles. The molecule has 2 aromatic carbocycles. The van der Waals surface area contributed by atoms with E-state index in [1.165, 1.54) is 25.1 Å². The molecule has 0 spiro atoms. The largest absolute Gasteiger partial charge is 0.358 e. The summed E-state index contributed by atoms with van der Waals surface area (Å²) in [6.07, 6.45) is 2.62. The van der Waals surface area contributed by atoms with E-state index in [0.29, 0.717) is 17.8 Å². The van der Waals surface area contributed by atoms with Crippen LogP contribution in [0.25, 0.3) is 0 Å². The van der Waals surface area contributed by atoms with Gasteiger partial charge in [-0.25, -0.2) is 12.7 Å². The normalized spacial score (nSPS) is 18.4. The van der Waals surface area contributed by atoms with E-state index in [4.69, 9.17) is 0 Å². The van der Waals surface area contributed by atoms with Crippen LogP contribution in [0.15, 0.2) is 47.4 Å². The van der Waals surface area contributed by atoms with Crippen molar-refractivity contribution < 1.29 is 18.0 Å². The van der Waals surface area contributed by atoms with E-state index in [0.717, 1.165) is 34.9 Å². The zero-order valence-electron chi connectivity index (χ0n) is 18.5. The lowest BCUT2D eigenvalue weighted by Crippen LogP contribution is -2.56. The highest BCUT2D eigenvalue weighted by Gasteiger charge is 2.40. The number of amides is 2. The summed E-state index contributed by atoms with van der Waals surface area (Å²) in [5.74, 6) is -0.504. The molecule has 2 aromatic rings. The molecule has 1 fully saturated rings. The van der Waals surface area contributed by atoms with E-state index in [-0.39, 0.29) is 29.3 Å². The monoisotopic (exact) mass is 456 g/mol. The molecule has 0 aliphatic carbocycles. The van der Waals surface area contributed by atoms with Crippen molar-refractivity contribution in [2.45, 2.75) is 37.1 Å². The van der Waals surface area contributed by atoms with Gasteiger partial charge >= 0.3 is 0 Å². The fraction of sp³-hybridized carbons (Fsp3) is 0.391. The molecule has 1 atom stereocenters. The third kappa shape index (κ3) is 4.10. The fourth-order valence-electron chi connectivity index (χ4n) is 4.34. The predicted octanol–water partition coefficient (Wildman–Crippen LogP) is 2.59. The molecule has 0 bridgehead atoms. The van der Waals surface area contributed by atoms with Crippen LogP contribution in [-0.4, -0.2) is 57.8 Å². The summed E-state index contributed by atoms with van der Waals surface area (Å²) in [4.78, 5) is 29.8. The molecule has 1 unspecified atom stereocenters. The number of carbonyl (C=O) groups excluding carboxylic acids is 2. The van der Waals surface area contributed by atoms with Crippen molar-refractivity contribution in [3.63, 3.8) is 0 Å². The zero-order chi connectivity index (χ0) is 23.0. The Morgan fingerprint density at radius 1 is 1.12 bits per heavy atom. The summed E-state index contributed by atoms with van der Waals surface area (Å²) < 4.78 is 26.6. The number of aryl methyl sites for hydroxylation is 1. The van der Waals surface area contributed by atoms with Crippen LogP contribution in [0.1, 0.15) is 24.8 Å². The summed E-state index contributed by atoms with van der Waals surface area (Å²) >= 11 is 0. The summed E-state index contributed by atoms with van der Waals surface area (Å²) in [6, 6.07) is 11.9. The molecule has 2 amide bonds. The number of nitrogens with zero attached hydrogens (tertiary/aromatic N) is 3. The van der Waals surface area contributed by atoms with Crippen molar-refractivity contribution >= 4 is 38.9 Å². The lowest BCUT2D eigenvalue weighted by Gasteiger charge is -2.45. The van der Waals surface area contributed by atoms with Crippen LogP contribution in [-0.2, 0) is 19.6 Å². The Balaban J connectivity index is 1.71. The molecule has 1 saturated heterocycles. The summed E-state index contributed by atoms with van der Waals surface area (Å²) in [6.45, 7) is 2.48. The lowest BCUT2D eigenvalue weighted by molar-refractivity contribution is -0.123. The Morgan fingerprint density at radius 3 is 2.62 bits per heavy atom. The van der Waals surface area contributed by atoms with Crippen molar-refractivity contribution in [3.05, 3.63) is 48.0 Å². The van der Waals surface area contributed by atoms with E-state index in [2.05, 4.69) is 5.32 Å². The number of rotatable bonds is 5. The highest BCUT2D eigenvalue weighted by Crippen LogP contribution is 2.40. The third-order valence-electron chi connectivity index (χ3n) is 5.98. The van der Waals surface area contributed by atoms with Crippen molar-refractivity contribution in [2.24, 2.45) is 0 Å². The van der Waals surface area contributed by atoms with E-state index in [9.17, 15) is 18.0 Å². The molecular formula is C23H28N4O4S. The van der Waals surface area contributed by atoms with E-state index in [1.807, 2.05) is 30.0 Å². The standard InChI is InChI=1S/C23H28N4O4S/c1-16-7-6-8-17(13-16)24-22(28)15-27-21-14-18(32(30,31)25(2)3)10-11-19(21)26-12-5-4-9-20(26)23(27)29/h6-8,10-11,13-14,20H,4-5,9,12,15H2,1-3H3,(H,24,28). The summed E-state index contributed by atoms with van der Waals surface area (Å²) in [5, 5.41) is 2.84. The van der Waals surface area contributed by atoms with Gasteiger partial charge in [0.15, 0.2) is 0 Å². The van der Waals surface area contributed by atoms with Crippen LogP contribution in [0, 0.1) is 6.92 Å². The van der Waals surface area contributed by atoms with Gasteiger partial charge in [-0.2, -0.15) is 0 Å². The van der Waals surface area contributed by atoms with Crippen molar-refractivity contribution in [1.29, 1.82) is 0 Å². The molecular weight excluding hydrogens is 428 g/mol. The van der Waals surface area contributed by atoms with E-state index in [1.54, 1.807) is 18.2 Å². The molecule has 170 valence electrons.